The number of aliphatic hydroxyl groups excluding tert-OH is 1. The summed E-state index contributed by atoms with van der Waals surface area (Å²) < 4.78 is 0. The van der Waals surface area contributed by atoms with Crippen LogP contribution in [0.3, 0.4) is 0 Å². The van der Waals surface area contributed by atoms with Crippen molar-refractivity contribution < 1.29 is 24.6 Å². The third kappa shape index (κ3) is 5.55. The zero-order valence-corrected chi connectivity index (χ0v) is 18.9. The van der Waals surface area contributed by atoms with Gasteiger partial charge in [0.05, 0.1) is 12.1 Å². The number of aromatic carboxylic acids is 1. The van der Waals surface area contributed by atoms with Crippen LogP contribution in [0, 0.1) is 0 Å². The van der Waals surface area contributed by atoms with Crippen molar-refractivity contribution in [2.45, 2.75) is 38.5 Å². The highest BCUT2D eigenvalue weighted by Gasteiger charge is 2.29. The van der Waals surface area contributed by atoms with Crippen molar-refractivity contribution in [1.29, 1.82) is 0 Å². The Hall–Kier alpha value is -3.15. The maximum atomic E-state index is 12.8. The zero-order valence-electron chi connectivity index (χ0n) is 17.3. The van der Waals surface area contributed by atoms with Crippen molar-refractivity contribution in [3.63, 3.8) is 0 Å². The molecule has 0 aliphatic heterocycles. The Labute approximate surface area is 192 Å². The Bertz CT molecular complexity index is 1100. The number of nitrogens with one attached hydrogen (secondary N) is 2. The van der Waals surface area contributed by atoms with E-state index in [0.717, 1.165) is 16.9 Å². The minimum absolute atomic E-state index is 0.101. The number of amides is 2. The Morgan fingerprint density at radius 1 is 1.03 bits per heavy atom. The number of nitrogens with zero attached hydrogens (tertiary/aromatic N) is 2. The maximum absolute atomic E-state index is 12.8. The lowest BCUT2D eigenvalue weighted by atomic mass is 10.1. The van der Waals surface area contributed by atoms with Crippen LogP contribution in [-0.2, 0) is 4.79 Å². The summed E-state index contributed by atoms with van der Waals surface area (Å²) in [5, 5.41) is 28.5. The van der Waals surface area contributed by atoms with Crippen LogP contribution in [0.1, 0.15) is 52.3 Å². The average molecular weight is 475 g/mol. The summed E-state index contributed by atoms with van der Waals surface area (Å²) in [6.07, 6.45) is -0.722. The molecule has 11 heteroatoms. The molecule has 4 N–H and O–H groups in total. The van der Waals surface area contributed by atoms with Crippen molar-refractivity contribution in [3.05, 3.63) is 57.5 Å². The van der Waals surface area contributed by atoms with Gasteiger partial charge in [-0.05, 0) is 13.3 Å². The molecular weight excluding hydrogens is 452 g/mol. The Morgan fingerprint density at radius 3 is 2.31 bits per heavy atom. The lowest BCUT2D eigenvalue weighted by Gasteiger charge is -2.23. The first kappa shape index (κ1) is 23.5. The first-order valence-corrected chi connectivity index (χ1v) is 11.5. The molecule has 168 valence electrons. The van der Waals surface area contributed by atoms with Gasteiger partial charge in [0.25, 0.3) is 5.91 Å². The Kier molecular flexibility index (Phi) is 7.67. The quantitative estimate of drug-likeness (QED) is 0.374. The van der Waals surface area contributed by atoms with E-state index in [0.29, 0.717) is 16.4 Å². The molecule has 0 fully saturated rings. The van der Waals surface area contributed by atoms with Crippen molar-refractivity contribution in [3.8, 4) is 10.6 Å². The van der Waals surface area contributed by atoms with Crippen molar-refractivity contribution in [2.75, 3.05) is 0 Å². The van der Waals surface area contributed by atoms with Gasteiger partial charge in [-0.3, -0.25) is 9.59 Å². The molecule has 3 aromatic rings. The highest BCUT2D eigenvalue weighted by atomic mass is 32.1. The molecule has 9 nitrogen and oxygen atoms in total. The summed E-state index contributed by atoms with van der Waals surface area (Å²) in [6.45, 7) is 3.21. The van der Waals surface area contributed by atoms with Crippen LogP contribution in [0.25, 0.3) is 10.6 Å². The van der Waals surface area contributed by atoms with E-state index in [1.54, 1.807) is 5.38 Å². The van der Waals surface area contributed by atoms with Gasteiger partial charge in [-0.2, -0.15) is 0 Å². The molecule has 0 unspecified atom stereocenters. The third-order valence-corrected chi connectivity index (χ3v) is 6.42. The molecule has 3 atom stereocenters. The van der Waals surface area contributed by atoms with E-state index in [9.17, 15) is 19.5 Å². The summed E-state index contributed by atoms with van der Waals surface area (Å²) in [5.74, 6) is -2.34. The highest BCUT2D eigenvalue weighted by molar-refractivity contribution is 7.13. The molecule has 2 aromatic heterocycles. The fraction of sp³-hybridized carbons (Fsp3) is 0.286. The molecule has 0 spiro atoms. The van der Waals surface area contributed by atoms with Gasteiger partial charge in [-0.25, -0.2) is 14.8 Å². The number of aliphatic hydroxyl groups is 1. The lowest BCUT2D eigenvalue weighted by molar-refractivity contribution is -0.126. The van der Waals surface area contributed by atoms with Gasteiger partial charge >= 0.3 is 5.97 Å². The first-order chi connectivity index (χ1) is 15.3. The van der Waals surface area contributed by atoms with E-state index in [1.165, 1.54) is 23.6 Å². The summed E-state index contributed by atoms with van der Waals surface area (Å²) in [4.78, 5) is 44.9. The topological polar surface area (TPSA) is 142 Å². The molecular formula is C21H22N4O5S2. The van der Waals surface area contributed by atoms with Crippen molar-refractivity contribution in [1.82, 2.24) is 20.6 Å². The minimum Gasteiger partial charge on any atom is -0.476 e. The van der Waals surface area contributed by atoms with E-state index in [-0.39, 0.29) is 11.4 Å². The van der Waals surface area contributed by atoms with E-state index in [4.69, 9.17) is 5.11 Å². The molecule has 32 heavy (non-hydrogen) atoms. The number of rotatable bonds is 9. The average Bonchev–Trinajstić information content (AvgIpc) is 3.46. The zero-order chi connectivity index (χ0) is 23.3. The van der Waals surface area contributed by atoms with Crippen molar-refractivity contribution in [2.24, 2.45) is 0 Å². The molecule has 0 aliphatic carbocycles. The van der Waals surface area contributed by atoms with E-state index >= 15 is 0 Å². The van der Waals surface area contributed by atoms with Gasteiger partial charge in [0.15, 0.2) is 5.69 Å². The molecule has 0 bridgehead atoms. The Morgan fingerprint density at radius 2 is 1.72 bits per heavy atom. The molecule has 0 aliphatic rings. The molecule has 2 heterocycles. The number of hydrogen-bond donors (Lipinski definition) is 4. The highest BCUT2D eigenvalue weighted by Crippen LogP contribution is 2.24. The third-order valence-electron chi connectivity index (χ3n) is 4.57. The van der Waals surface area contributed by atoms with Crippen LogP contribution in [0.15, 0.2) is 41.1 Å². The van der Waals surface area contributed by atoms with Gasteiger partial charge in [0.2, 0.25) is 5.91 Å². The number of carboxylic acid groups (broad SMARTS) is 1. The summed E-state index contributed by atoms with van der Waals surface area (Å²) >= 11 is 2.42. The largest absolute Gasteiger partial charge is 0.476 e. The van der Waals surface area contributed by atoms with Gasteiger partial charge in [-0.15, -0.1) is 22.7 Å². The molecule has 3 rings (SSSR count). The second-order valence-electron chi connectivity index (χ2n) is 6.94. The first-order valence-electron chi connectivity index (χ1n) is 9.79. The maximum Gasteiger partial charge on any atom is 0.355 e. The number of aromatic nitrogens is 2. The predicted octanol–water partition coefficient (Wildman–Crippen LogP) is 2.71. The van der Waals surface area contributed by atoms with E-state index in [2.05, 4.69) is 20.6 Å². The fourth-order valence-corrected chi connectivity index (χ4v) is 4.59. The number of hydrogen-bond acceptors (Lipinski definition) is 8. The van der Waals surface area contributed by atoms with Gasteiger partial charge in [0, 0.05) is 16.3 Å². The van der Waals surface area contributed by atoms with Crippen LogP contribution >= 0.6 is 22.7 Å². The molecule has 2 amide bonds. The van der Waals surface area contributed by atoms with Crippen LogP contribution in [0.2, 0.25) is 0 Å². The van der Waals surface area contributed by atoms with Crippen LogP contribution in [-0.4, -0.2) is 50.1 Å². The molecule has 0 saturated heterocycles. The van der Waals surface area contributed by atoms with Crippen LogP contribution in [0.4, 0.5) is 0 Å². The SMILES string of the molecule is CC[C@H](NC(=O)[C@@H](NC(=O)c1csc(-c2ccccc2)n1)[C@@H](C)O)c1nc(C(=O)O)cs1. The Balaban J connectivity index is 1.70. The van der Waals surface area contributed by atoms with Gasteiger partial charge < -0.3 is 20.8 Å². The van der Waals surface area contributed by atoms with Crippen LogP contribution in [0.5, 0.6) is 0 Å². The number of benzene rings is 1. The van der Waals surface area contributed by atoms with Crippen LogP contribution < -0.4 is 10.6 Å². The number of carbonyl (C=O) groups excluding carboxylic acids is 2. The number of carboxylic acids is 1. The monoisotopic (exact) mass is 474 g/mol. The standard InChI is InChI=1S/C21H22N4O5S2/c1-3-13(20-24-15(10-32-20)21(29)30)22-18(28)16(11(2)26)25-17(27)14-9-31-19(23-14)12-7-5-4-6-8-12/h4-11,13,16,26H,3H2,1-2H3,(H,22,28)(H,25,27)(H,29,30)/t11-,13+,16+/m1/s1. The summed E-state index contributed by atoms with van der Waals surface area (Å²) in [5.41, 5.74) is 0.914. The second-order valence-corrected chi connectivity index (χ2v) is 8.69. The molecule has 0 radical (unpaired) electrons. The minimum atomic E-state index is -1.22. The number of carbonyl (C=O) groups is 3. The lowest BCUT2D eigenvalue weighted by Crippen LogP contribution is -2.53. The fourth-order valence-electron chi connectivity index (χ4n) is 2.86. The van der Waals surface area contributed by atoms with E-state index < -0.39 is 36.0 Å². The molecule has 1 aromatic carbocycles. The molecule has 0 saturated carbocycles. The van der Waals surface area contributed by atoms with Crippen molar-refractivity contribution >= 4 is 40.5 Å². The second kappa shape index (κ2) is 10.4. The summed E-state index contributed by atoms with van der Waals surface area (Å²) in [6, 6.07) is 7.61. The predicted molar refractivity (Wildman–Crippen MR) is 121 cm³/mol. The normalized spacial score (nSPS) is 13.7. The van der Waals surface area contributed by atoms with Gasteiger partial charge in [-0.1, -0.05) is 37.3 Å². The van der Waals surface area contributed by atoms with E-state index in [1.807, 2.05) is 37.3 Å². The summed E-state index contributed by atoms with van der Waals surface area (Å²) in [7, 11) is 0. The van der Waals surface area contributed by atoms with Gasteiger partial charge in [0.1, 0.15) is 21.8 Å². The smallest absolute Gasteiger partial charge is 0.355 e. The number of thiazole rings is 2.